The van der Waals surface area contributed by atoms with Crippen molar-refractivity contribution in [1.29, 1.82) is 0 Å². The van der Waals surface area contributed by atoms with Gasteiger partial charge in [0.15, 0.2) is 0 Å². The Labute approximate surface area is 98.9 Å². The second kappa shape index (κ2) is 6.09. The number of benzene rings is 1. The largest absolute Gasteiger partial charge is 0.725 e. The quantitative estimate of drug-likeness (QED) is 0.442. The van der Waals surface area contributed by atoms with Crippen molar-refractivity contribution >= 4 is 22.4 Å². The first-order valence-corrected chi connectivity index (χ1v) is 6.74. The predicted molar refractivity (Wildman–Crippen MR) is 59.7 cm³/mol. The van der Waals surface area contributed by atoms with Crippen LogP contribution < -0.4 is 4.74 Å². The van der Waals surface area contributed by atoms with Gasteiger partial charge in [0.1, 0.15) is 5.75 Å². The molecule has 16 heavy (non-hydrogen) atoms. The van der Waals surface area contributed by atoms with E-state index in [4.69, 9.17) is 4.74 Å². The van der Waals surface area contributed by atoms with E-state index in [2.05, 4.69) is 3.63 Å². The van der Waals surface area contributed by atoms with Crippen molar-refractivity contribution in [3.63, 3.8) is 0 Å². The number of hydrogen-bond acceptors (Lipinski definition) is 6. The van der Waals surface area contributed by atoms with Crippen molar-refractivity contribution in [3.05, 3.63) is 29.8 Å². The minimum Gasteiger partial charge on any atom is -0.725 e. The van der Waals surface area contributed by atoms with Gasteiger partial charge >= 0.3 is 0 Å². The van der Waals surface area contributed by atoms with Gasteiger partial charge in [-0.2, -0.15) is 0 Å². The fourth-order valence-corrected chi connectivity index (χ4v) is 2.02. The Morgan fingerprint density at radius 3 is 2.81 bits per heavy atom. The monoisotopic (exact) mass is 263 g/mol. The van der Waals surface area contributed by atoms with Gasteiger partial charge in [-0.3, -0.25) is 0 Å². The summed E-state index contributed by atoms with van der Waals surface area (Å²) in [5, 5.41) is 0. The molecule has 0 saturated carbocycles. The molecule has 0 radical (unpaired) electrons. The molecule has 0 aromatic heterocycles. The molecule has 0 aliphatic carbocycles. The molecule has 1 aromatic rings. The van der Waals surface area contributed by atoms with Crippen LogP contribution in [0.15, 0.2) is 24.3 Å². The molecule has 0 heterocycles. The van der Waals surface area contributed by atoms with E-state index < -0.39 is 10.4 Å². The van der Waals surface area contributed by atoms with Crippen LogP contribution in [0.3, 0.4) is 0 Å². The summed E-state index contributed by atoms with van der Waals surface area (Å²) in [6, 6.07) is 7.13. The zero-order chi connectivity index (χ0) is 12.0. The van der Waals surface area contributed by atoms with Crippen LogP contribution in [0, 0.1) is 0 Å². The van der Waals surface area contributed by atoms with Crippen LogP contribution in [0.1, 0.15) is 12.5 Å². The normalized spacial score (nSPS) is 11.4. The van der Waals surface area contributed by atoms with Crippen LogP contribution in [0.4, 0.5) is 0 Å². The highest BCUT2D eigenvalue weighted by Gasteiger charge is 2.00. The molecule has 0 aliphatic heterocycles. The third-order valence-corrected chi connectivity index (χ3v) is 3.07. The minimum absolute atomic E-state index is 0.266. The van der Waals surface area contributed by atoms with Gasteiger partial charge in [0.2, 0.25) is 10.4 Å². The molecule has 0 N–H and O–H groups in total. The van der Waals surface area contributed by atoms with E-state index in [0.717, 1.165) is 5.56 Å². The average molecular weight is 263 g/mol. The van der Waals surface area contributed by atoms with Crippen LogP contribution >= 0.6 is 12.0 Å². The van der Waals surface area contributed by atoms with E-state index in [0.29, 0.717) is 24.4 Å². The molecule has 7 heteroatoms. The van der Waals surface area contributed by atoms with E-state index in [9.17, 15) is 13.0 Å². The average Bonchev–Trinajstić information content (AvgIpc) is 2.17. The van der Waals surface area contributed by atoms with E-state index in [-0.39, 0.29) is 5.75 Å². The van der Waals surface area contributed by atoms with Crippen LogP contribution in [0.5, 0.6) is 5.75 Å². The summed E-state index contributed by atoms with van der Waals surface area (Å²) in [7, 11) is -4.63. The molecule has 0 saturated heterocycles. The highest BCUT2D eigenvalue weighted by atomic mass is 32.3. The lowest BCUT2D eigenvalue weighted by Gasteiger charge is -2.07. The third kappa shape index (κ3) is 5.36. The van der Waals surface area contributed by atoms with Crippen LogP contribution in [-0.2, 0) is 19.8 Å². The van der Waals surface area contributed by atoms with Crippen molar-refractivity contribution in [2.75, 3.05) is 6.61 Å². The summed E-state index contributed by atoms with van der Waals surface area (Å²) >= 11 is 0.584. The molecule has 5 nitrogen and oxygen atoms in total. The molecular formula is C9H11O5S2-. The lowest BCUT2D eigenvalue weighted by Crippen LogP contribution is -1.98. The summed E-state index contributed by atoms with van der Waals surface area (Å²) < 4.78 is 39.8. The molecular weight excluding hydrogens is 252 g/mol. The van der Waals surface area contributed by atoms with E-state index in [1.165, 1.54) is 0 Å². The summed E-state index contributed by atoms with van der Waals surface area (Å²) in [5.41, 5.74) is 0.819. The third-order valence-electron chi connectivity index (χ3n) is 1.57. The molecule has 0 amide bonds. The first-order valence-electron chi connectivity index (χ1n) is 4.50. The van der Waals surface area contributed by atoms with E-state index in [1.54, 1.807) is 24.3 Å². The van der Waals surface area contributed by atoms with Crippen molar-refractivity contribution in [2.45, 2.75) is 12.7 Å². The van der Waals surface area contributed by atoms with Crippen LogP contribution in [-0.4, -0.2) is 19.6 Å². The maximum atomic E-state index is 10.2. The van der Waals surface area contributed by atoms with Gasteiger partial charge in [0, 0.05) is 17.8 Å². The zero-order valence-corrected chi connectivity index (χ0v) is 10.2. The number of hydrogen-bond donors (Lipinski definition) is 0. The van der Waals surface area contributed by atoms with E-state index >= 15 is 0 Å². The lowest BCUT2D eigenvalue weighted by molar-refractivity contribution is 0.340. The smallest absolute Gasteiger partial charge is 0.228 e. The summed E-state index contributed by atoms with van der Waals surface area (Å²) in [6.45, 7) is 2.43. The second-order valence-corrected chi connectivity index (χ2v) is 4.70. The first kappa shape index (κ1) is 13.3. The molecule has 0 bridgehead atoms. The zero-order valence-electron chi connectivity index (χ0n) is 8.58. The molecule has 0 fully saturated rings. The lowest BCUT2D eigenvalue weighted by atomic mass is 10.2. The van der Waals surface area contributed by atoms with Gasteiger partial charge < -0.3 is 9.29 Å². The van der Waals surface area contributed by atoms with Gasteiger partial charge in [-0.15, -0.1) is 0 Å². The van der Waals surface area contributed by atoms with Gasteiger partial charge in [0.25, 0.3) is 0 Å². The molecule has 90 valence electrons. The number of rotatable bonds is 6. The maximum Gasteiger partial charge on any atom is 0.228 e. The fourth-order valence-electron chi connectivity index (χ4n) is 1.04. The van der Waals surface area contributed by atoms with Gasteiger partial charge in [-0.25, -0.2) is 12.0 Å². The summed E-state index contributed by atoms with van der Waals surface area (Å²) in [4.78, 5) is 0. The molecule has 0 spiro atoms. The Hall–Kier alpha value is -0.760. The highest BCUT2D eigenvalue weighted by Crippen LogP contribution is 2.19. The maximum absolute atomic E-state index is 10.2. The Morgan fingerprint density at radius 1 is 1.44 bits per heavy atom. The van der Waals surface area contributed by atoms with E-state index in [1.807, 2.05) is 6.92 Å². The van der Waals surface area contributed by atoms with Crippen molar-refractivity contribution < 1.29 is 21.3 Å². The standard InChI is InChI=1S/C9H12O5S2/c1-2-13-9-5-3-4-8(6-9)7-15-14-16(10,11)12/h3-6H,2,7H2,1H3,(H,10,11,12)/p-1. The Balaban J connectivity index is 2.51. The van der Waals surface area contributed by atoms with Crippen molar-refractivity contribution in [1.82, 2.24) is 0 Å². The van der Waals surface area contributed by atoms with Crippen LogP contribution in [0.25, 0.3) is 0 Å². The SMILES string of the molecule is CCOc1cccc(CSOS(=O)(=O)[O-])c1. The van der Waals surface area contributed by atoms with Gasteiger partial charge in [0.05, 0.1) is 6.61 Å². The Morgan fingerprint density at radius 2 is 2.19 bits per heavy atom. The van der Waals surface area contributed by atoms with Gasteiger partial charge in [-0.1, -0.05) is 12.1 Å². The van der Waals surface area contributed by atoms with Crippen LogP contribution in [0.2, 0.25) is 0 Å². The molecule has 1 aromatic carbocycles. The predicted octanol–water partition coefficient (Wildman–Crippen LogP) is 1.71. The molecule has 0 atom stereocenters. The Kier molecular flexibility index (Phi) is 5.07. The van der Waals surface area contributed by atoms with Gasteiger partial charge in [-0.05, 0) is 24.6 Å². The van der Waals surface area contributed by atoms with Crippen molar-refractivity contribution in [3.8, 4) is 5.75 Å². The summed E-state index contributed by atoms with van der Waals surface area (Å²) in [5.74, 6) is 0.966. The first-order chi connectivity index (χ1) is 7.51. The fraction of sp³-hybridized carbons (Fsp3) is 0.333. The molecule has 1 rings (SSSR count). The summed E-state index contributed by atoms with van der Waals surface area (Å²) in [6.07, 6.45) is 0. The highest BCUT2D eigenvalue weighted by molar-refractivity contribution is 8.02. The minimum atomic E-state index is -4.63. The topological polar surface area (TPSA) is 75.7 Å². The molecule has 0 unspecified atom stereocenters. The number of ether oxygens (including phenoxy) is 1. The van der Waals surface area contributed by atoms with Crippen molar-refractivity contribution in [2.24, 2.45) is 0 Å². The molecule has 0 aliphatic rings. The Bertz CT molecular complexity index is 429. The second-order valence-electron chi connectivity index (χ2n) is 2.82.